The van der Waals surface area contributed by atoms with Crippen LogP contribution in [-0.2, 0) is 21.4 Å². The van der Waals surface area contributed by atoms with Gasteiger partial charge in [0.1, 0.15) is 5.75 Å². The molecule has 1 saturated heterocycles. The van der Waals surface area contributed by atoms with Gasteiger partial charge in [-0.1, -0.05) is 66.7 Å². The van der Waals surface area contributed by atoms with E-state index in [1.807, 2.05) is 18.2 Å². The molecule has 250 valence electrons. The van der Waals surface area contributed by atoms with Gasteiger partial charge in [-0.05, 0) is 107 Å². The lowest BCUT2D eigenvalue weighted by Crippen LogP contribution is -2.54. The predicted molar refractivity (Wildman–Crippen MR) is 190 cm³/mol. The SMILES string of the molecule is COCCOCOc1cc2ccc(-c3ccc(C(=O)C4CNCCN4Cc4ccccc4)cc3)cc2cc1C12CC3CC(CC(C3)C1)C2. The highest BCUT2D eigenvalue weighted by molar-refractivity contribution is 6.01. The van der Waals surface area contributed by atoms with E-state index in [0.29, 0.717) is 19.8 Å². The number of piperazine rings is 1. The minimum absolute atomic E-state index is 0.171. The molecule has 4 aromatic rings. The first kappa shape index (κ1) is 31.7. The van der Waals surface area contributed by atoms with Crippen LogP contribution in [0.3, 0.4) is 0 Å². The molecule has 5 aliphatic rings. The molecule has 4 saturated carbocycles. The van der Waals surface area contributed by atoms with Gasteiger partial charge in [-0.2, -0.15) is 0 Å². The monoisotopic (exact) mass is 644 g/mol. The first-order valence-corrected chi connectivity index (χ1v) is 18.0. The van der Waals surface area contributed by atoms with Crippen molar-refractivity contribution < 1.29 is 19.0 Å². The van der Waals surface area contributed by atoms with E-state index in [-0.39, 0.29) is 24.0 Å². The summed E-state index contributed by atoms with van der Waals surface area (Å²) in [6.07, 6.45) is 8.07. The van der Waals surface area contributed by atoms with Gasteiger partial charge < -0.3 is 19.5 Å². The van der Waals surface area contributed by atoms with Crippen LogP contribution in [0.5, 0.6) is 5.75 Å². The number of rotatable bonds is 12. The Hall–Kier alpha value is -3.55. The number of ketones is 1. The van der Waals surface area contributed by atoms with Crippen LogP contribution in [0.4, 0.5) is 0 Å². The van der Waals surface area contributed by atoms with Gasteiger partial charge in [0.05, 0.1) is 19.3 Å². The van der Waals surface area contributed by atoms with Crippen LogP contribution in [0.1, 0.15) is 60.0 Å². The second-order valence-electron chi connectivity index (χ2n) is 14.9. The van der Waals surface area contributed by atoms with Gasteiger partial charge in [-0.15, -0.1) is 0 Å². The maximum absolute atomic E-state index is 13.8. The molecule has 9 rings (SSSR count). The minimum atomic E-state index is -0.171. The lowest BCUT2D eigenvalue weighted by Gasteiger charge is -2.57. The summed E-state index contributed by atoms with van der Waals surface area (Å²) in [7, 11) is 1.69. The van der Waals surface area contributed by atoms with Gasteiger partial charge in [0.25, 0.3) is 0 Å². The summed E-state index contributed by atoms with van der Waals surface area (Å²) in [6.45, 7) is 4.54. The van der Waals surface area contributed by atoms with Crippen molar-refractivity contribution >= 4 is 16.6 Å². The van der Waals surface area contributed by atoms with Crippen LogP contribution in [0.25, 0.3) is 21.9 Å². The standard InChI is InChI=1S/C42H48N2O4/c1-46-15-16-47-28-48-40-22-36-12-11-35(20-37(36)21-38(40)42-23-30-17-31(24-42)19-32(18-30)25-42)33-7-9-34(10-8-33)41(45)39-26-43-13-14-44(39)27-29-5-3-2-4-6-29/h2-12,20-22,30-32,39,43H,13-19,23-28H2,1H3. The molecule has 5 fully saturated rings. The molecular weight excluding hydrogens is 596 g/mol. The number of ether oxygens (including phenoxy) is 3. The number of methoxy groups -OCH3 is 1. The molecule has 1 heterocycles. The van der Waals surface area contributed by atoms with Crippen molar-refractivity contribution in [2.45, 2.75) is 56.5 Å². The number of hydrogen-bond acceptors (Lipinski definition) is 6. The Morgan fingerprint density at radius 1 is 0.833 bits per heavy atom. The van der Waals surface area contributed by atoms with E-state index in [4.69, 9.17) is 14.2 Å². The highest BCUT2D eigenvalue weighted by atomic mass is 16.7. The molecule has 6 nitrogen and oxygen atoms in total. The van der Waals surface area contributed by atoms with Crippen molar-refractivity contribution in [3.8, 4) is 16.9 Å². The van der Waals surface area contributed by atoms with E-state index in [1.54, 1.807) is 7.11 Å². The molecule has 1 aliphatic heterocycles. The maximum Gasteiger partial charge on any atom is 0.189 e. The van der Waals surface area contributed by atoms with Gasteiger partial charge >= 0.3 is 0 Å². The first-order chi connectivity index (χ1) is 23.6. The van der Waals surface area contributed by atoms with Crippen LogP contribution in [0.2, 0.25) is 0 Å². The molecule has 0 amide bonds. The largest absolute Gasteiger partial charge is 0.467 e. The Kier molecular flexibility index (Phi) is 9.08. The quantitative estimate of drug-likeness (QED) is 0.0973. The van der Waals surface area contributed by atoms with Crippen molar-refractivity contribution in [3.05, 3.63) is 102 Å². The van der Waals surface area contributed by atoms with Gasteiger partial charge in [0, 0.05) is 44.4 Å². The zero-order valence-corrected chi connectivity index (χ0v) is 28.2. The van der Waals surface area contributed by atoms with Crippen LogP contribution < -0.4 is 10.1 Å². The van der Waals surface area contributed by atoms with Crippen molar-refractivity contribution in [1.29, 1.82) is 0 Å². The molecule has 1 N–H and O–H groups in total. The second kappa shape index (κ2) is 13.8. The summed E-state index contributed by atoms with van der Waals surface area (Å²) in [5, 5.41) is 5.86. The fraction of sp³-hybridized carbons (Fsp3) is 0.452. The number of Topliss-reactive ketones (excluding diaryl/α,β-unsaturated/α-hetero) is 1. The zero-order chi connectivity index (χ0) is 32.5. The van der Waals surface area contributed by atoms with Gasteiger partial charge in [0.15, 0.2) is 12.6 Å². The normalized spacial score (nSPS) is 26.6. The summed E-state index contributed by atoms with van der Waals surface area (Å²) in [6, 6.07) is 29.9. The highest BCUT2D eigenvalue weighted by Gasteiger charge is 2.52. The number of carbonyl (C=O) groups is 1. The number of nitrogens with one attached hydrogen (secondary N) is 1. The van der Waals surface area contributed by atoms with E-state index in [2.05, 4.69) is 76.9 Å². The fourth-order valence-electron chi connectivity index (χ4n) is 9.77. The third kappa shape index (κ3) is 6.44. The number of nitrogens with zero attached hydrogens (tertiary/aromatic N) is 1. The van der Waals surface area contributed by atoms with E-state index in [1.165, 1.54) is 66.0 Å². The topological polar surface area (TPSA) is 60.0 Å². The fourth-order valence-corrected chi connectivity index (χ4v) is 9.77. The summed E-state index contributed by atoms with van der Waals surface area (Å²) >= 11 is 0. The van der Waals surface area contributed by atoms with Crippen LogP contribution in [0, 0.1) is 17.8 Å². The lowest BCUT2D eigenvalue weighted by molar-refractivity contribution is -0.0188. The van der Waals surface area contributed by atoms with Gasteiger partial charge in [-0.3, -0.25) is 9.69 Å². The molecule has 6 heteroatoms. The summed E-state index contributed by atoms with van der Waals surface area (Å²) in [4.78, 5) is 16.1. The van der Waals surface area contributed by atoms with Crippen molar-refractivity contribution in [3.63, 3.8) is 0 Å². The van der Waals surface area contributed by atoms with Crippen LogP contribution in [0.15, 0.2) is 84.9 Å². The Morgan fingerprint density at radius 2 is 1.56 bits per heavy atom. The van der Waals surface area contributed by atoms with Crippen molar-refractivity contribution in [2.24, 2.45) is 17.8 Å². The lowest BCUT2D eigenvalue weighted by atomic mass is 9.48. The second-order valence-corrected chi connectivity index (χ2v) is 14.9. The number of fused-ring (bicyclic) bond motifs is 1. The zero-order valence-electron chi connectivity index (χ0n) is 28.2. The molecular formula is C42H48N2O4. The Bertz CT molecular complexity index is 1700. The molecule has 48 heavy (non-hydrogen) atoms. The average Bonchev–Trinajstić information content (AvgIpc) is 3.11. The van der Waals surface area contributed by atoms with Gasteiger partial charge in [-0.25, -0.2) is 0 Å². The smallest absolute Gasteiger partial charge is 0.189 e. The first-order valence-electron chi connectivity index (χ1n) is 18.0. The Morgan fingerprint density at radius 3 is 2.29 bits per heavy atom. The van der Waals surface area contributed by atoms with E-state index >= 15 is 0 Å². The van der Waals surface area contributed by atoms with E-state index in [9.17, 15) is 4.79 Å². The molecule has 4 bridgehead atoms. The Balaban J connectivity index is 1.05. The molecule has 4 aromatic carbocycles. The third-order valence-corrected chi connectivity index (χ3v) is 11.7. The minimum Gasteiger partial charge on any atom is -0.467 e. The molecule has 1 atom stereocenters. The molecule has 1 unspecified atom stereocenters. The summed E-state index contributed by atoms with van der Waals surface area (Å²) in [5.41, 5.74) is 5.88. The van der Waals surface area contributed by atoms with Crippen molar-refractivity contribution in [1.82, 2.24) is 10.2 Å². The van der Waals surface area contributed by atoms with E-state index in [0.717, 1.165) is 54.3 Å². The third-order valence-electron chi connectivity index (χ3n) is 11.7. The van der Waals surface area contributed by atoms with Gasteiger partial charge in [0.2, 0.25) is 0 Å². The van der Waals surface area contributed by atoms with E-state index < -0.39 is 0 Å². The van der Waals surface area contributed by atoms with Crippen LogP contribution >= 0.6 is 0 Å². The maximum atomic E-state index is 13.8. The molecule has 0 radical (unpaired) electrons. The Labute approximate surface area is 284 Å². The number of carbonyl (C=O) groups excluding carboxylic acids is 1. The summed E-state index contributed by atoms with van der Waals surface area (Å²) in [5.74, 6) is 3.71. The summed E-state index contributed by atoms with van der Waals surface area (Å²) < 4.78 is 17.3. The predicted octanol–water partition coefficient (Wildman–Crippen LogP) is 7.63. The van der Waals surface area contributed by atoms with Crippen LogP contribution in [-0.4, -0.2) is 63.5 Å². The number of hydrogen-bond donors (Lipinski definition) is 1. The molecule has 0 spiro atoms. The molecule has 4 aliphatic carbocycles. The molecule has 0 aromatic heterocycles. The number of benzene rings is 4. The van der Waals surface area contributed by atoms with Crippen molar-refractivity contribution in [2.75, 3.05) is 46.8 Å². The highest BCUT2D eigenvalue weighted by Crippen LogP contribution is 2.62. The average molecular weight is 645 g/mol.